The minimum atomic E-state index is -0.555. The van der Waals surface area contributed by atoms with Gasteiger partial charge in [-0.15, -0.1) is 0 Å². The molecular weight excluding hydrogens is 234 g/mol. The van der Waals surface area contributed by atoms with E-state index in [1.54, 1.807) is 0 Å². The van der Waals surface area contributed by atoms with E-state index in [0.29, 0.717) is 0 Å². The Balaban J connectivity index is 0. The molecule has 0 aromatic carbocycles. The van der Waals surface area contributed by atoms with Gasteiger partial charge in [-0.25, -0.2) is 0 Å². The van der Waals surface area contributed by atoms with Crippen molar-refractivity contribution < 1.29 is 5.11 Å². The minimum Gasteiger partial charge on any atom is -0.390 e. The average molecular weight is 274 g/mol. The van der Waals surface area contributed by atoms with Crippen LogP contribution in [0.25, 0.3) is 0 Å². The van der Waals surface area contributed by atoms with Crippen molar-refractivity contribution in [2.24, 2.45) is 0 Å². The third-order valence-corrected chi connectivity index (χ3v) is 3.08. The molecular formula is C17H39NO. The molecule has 2 nitrogen and oxygen atoms in total. The van der Waals surface area contributed by atoms with Gasteiger partial charge in [0.05, 0.1) is 5.60 Å². The maximum Gasteiger partial charge on any atom is 0.0609 e. The van der Waals surface area contributed by atoms with Crippen molar-refractivity contribution in [1.82, 2.24) is 4.90 Å². The molecule has 0 radical (unpaired) electrons. The second kappa shape index (κ2) is 10.7. The molecule has 1 rings (SSSR count). The molecule has 1 heterocycles. The summed E-state index contributed by atoms with van der Waals surface area (Å²) >= 11 is 0. The summed E-state index contributed by atoms with van der Waals surface area (Å²) in [6, 6.07) is 0. The molecule has 0 spiro atoms. The van der Waals surface area contributed by atoms with Crippen LogP contribution in [-0.2, 0) is 0 Å². The largest absolute Gasteiger partial charge is 0.390 e. The molecule has 0 saturated carbocycles. The molecule has 1 fully saturated rings. The summed E-state index contributed by atoms with van der Waals surface area (Å²) in [5.41, 5.74) is -0.417. The highest BCUT2D eigenvalue weighted by Crippen LogP contribution is 2.28. The fourth-order valence-corrected chi connectivity index (χ4v) is 2.67. The van der Waals surface area contributed by atoms with E-state index < -0.39 is 5.60 Å². The topological polar surface area (TPSA) is 23.5 Å². The van der Waals surface area contributed by atoms with Crippen molar-refractivity contribution in [2.45, 2.75) is 98.6 Å². The molecule has 0 aromatic rings. The van der Waals surface area contributed by atoms with Gasteiger partial charge in [-0.2, -0.15) is 0 Å². The van der Waals surface area contributed by atoms with Gasteiger partial charge in [-0.3, -0.25) is 4.90 Å². The van der Waals surface area contributed by atoms with Crippen LogP contribution in [0.5, 0.6) is 0 Å². The first kappa shape index (κ1) is 21.2. The van der Waals surface area contributed by atoms with Gasteiger partial charge in [0.25, 0.3) is 0 Å². The van der Waals surface area contributed by atoms with E-state index in [1.165, 1.54) is 38.8 Å². The molecule has 19 heavy (non-hydrogen) atoms. The second-order valence-electron chi connectivity index (χ2n) is 6.56. The highest BCUT2D eigenvalue weighted by molar-refractivity contribution is 4.88. The standard InChI is InChI=1S/C12H25NO.C3H8.C2H6/c1-11(2,10-12(3,4)14)13-8-6-5-7-9-13;1-3-2;1-2/h14H,5-10H2,1-4H3;3H2,1-2H3;1-2H3. The SMILES string of the molecule is CC.CC(C)(O)CC(C)(C)N1CCCCC1.CCC. The van der Waals surface area contributed by atoms with Crippen LogP contribution in [-0.4, -0.2) is 34.2 Å². The van der Waals surface area contributed by atoms with Crippen LogP contribution in [0.3, 0.4) is 0 Å². The molecule has 1 aliphatic heterocycles. The molecule has 118 valence electrons. The molecule has 0 unspecified atom stereocenters. The smallest absolute Gasteiger partial charge is 0.0609 e. The lowest BCUT2D eigenvalue weighted by Crippen LogP contribution is -2.50. The van der Waals surface area contributed by atoms with Gasteiger partial charge in [0, 0.05) is 5.54 Å². The fourth-order valence-electron chi connectivity index (χ4n) is 2.67. The Morgan fingerprint density at radius 1 is 0.895 bits per heavy atom. The Morgan fingerprint density at radius 3 is 1.58 bits per heavy atom. The number of likely N-dealkylation sites (tertiary alicyclic amines) is 1. The Morgan fingerprint density at radius 2 is 1.26 bits per heavy atom. The van der Waals surface area contributed by atoms with Gasteiger partial charge in [0.2, 0.25) is 0 Å². The van der Waals surface area contributed by atoms with Gasteiger partial charge >= 0.3 is 0 Å². The van der Waals surface area contributed by atoms with Crippen LogP contribution < -0.4 is 0 Å². The molecule has 2 heteroatoms. The first-order chi connectivity index (χ1) is 8.73. The number of hydrogen-bond acceptors (Lipinski definition) is 2. The van der Waals surface area contributed by atoms with Crippen molar-refractivity contribution in [2.75, 3.05) is 13.1 Å². The Labute approximate surface area is 122 Å². The van der Waals surface area contributed by atoms with Crippen molar-refractivity contribution in [1.29, 1.82) is 0 Å². The van der Waals surface area contributed by atoms with Gasteiger partial charge in [-0.05, 0) is 60.0 Å². The molecule has 1 aliphatic rings. The molecule has 1 saturated heterocycles. The number of piperidine rings is 1. The first-order valence-electron chi connectivity index (χ1n) is 8.20. The normalized spacial score (nSPS) is 16.9. The van der Waals surface area contributed by atoms with Crippen molar-refractivity contribution in [3.05, 3.63) is 0 Å². The lowest BCUT2D eigenvalue weighted by molar-refractivity contribution is -0.00579. The Hall–Kier alpha value is -0.0800. The number of hydrogen-bond donors (Lipinski definition) is 1. The third kappa shape index (κ3) is 11.4. The van der Waals surface area contributed by atoms with Crippen LogP contribution in [0.2, 0.25) is 0 Å². The summed E-state index contributed by atoms with van der Waals surface area (Å²) in [4.78, 5) is 2.52. The molecule has 0 bridgehead atoms. The summed E-state index contributed by atoms with van der Waals surface area (Å²) in [7, 11) is 0. The van der Waals surface area contributed by atoms with E-state index >= 15 is 0 Å². The van der Waals surface area contributed by atoms with Gasteiger partial charge < -0.3 is 5.11 Å². The Bertz CT molecular complexity index is 188. The summed E-state index contributed by atoms with van der Waals surface area (Å²) in [5, 5.41) is 9.86. The minimum absolute atomic E-state index is 0.138. The predicted octanol–water partition coefficient (Wildman–Crippen LogP) is 4.85. The highest BCUT2D eigenvalue weighted by Gasteiger charge is 2.32. The molecule has 1 N–H and O–H groups in total. The van der Waals surface area contributed by atoms with Crippen LogP contribution in [0.4, 0.5) is 0 Å². The van der Waals surface area contributed by atoms with Crippen LogP contribution in [0, 0.1) is 0 Å². The summed E-state index contributed by atoms with van der Waals surface area (Å²) in [6.07, 6.45) is 6.10. The Kier molecular flexibility index (Phi) is 11.9. The predicted molar refractivity (Wildman–Crippen MR) is 87.7 cm³/mol. The van der Waals surface area contributed by atoms with Crippen molar-refractivity contribution in [3.8, 4) is 0 Å². The van der Waals surface area contributed by atoms with Gasteiger partial charge in [-0.1, -0.05) is 40.5 Å². The van der Waals surface area contributed by atoms with Crippen LogP contribution in [0.1, 0.15) is 87.5 Å². The van der Waals surface area contributed by atoms with E-state index in [-0.39, 0.29) is 5.54 Å². The van der Waals surface area contributed by atoms with Crippen LogP contribution in [0.15, 0.2) is 0 Å². The highest BCUT2D eigenvalue weighted by atomic mass is 16.3. The zero-order valence-electron chi connectivity index (χ0n) is 14.8. The number of rotatable bonds is 3. The molecule has 0 aromatic heterocycles. The third-order valence-electron chi connectivity index (χ3n) is 3.08. The van der Waals surface area contributed by atoms with E-state index in [4.69, 9.17) is 0 Å². The zero-order valence-corrected chi connectivity index (χ0v) is 14.8. The molecule has 0 aliphatic carbocycles. The summed E-state index contributed by atoms with van der Waals surface area (Å²) in [6.45, 7) is 18.9. The zero-order chi connectivity index (χ0) is 15.5. The maximum absolute atomic E-state index is 9.86. The van der Waals surface area contributed by atoms with E-state index in [9.17, 15) is 5.11 Å². The quantitative estimate of drug-likeness (QED) is 0.794. The van der Waals surface area contributed by atoms with Crippen molar-refractivity contribution >= 4 is 0 Å². The van der Waals surface area contributed by atoms with Crippen LogP contribution >= 0.6 is 0 Å². The van der Waals surface area contributed by atoms with Crippen molar-refractivity contribution in [3.63, 3.8) is 0 Å². The van der Waals surface area contributed by atoms with E-state index in [0.717, 1.165) is 6.42 Å². The number of nitrogens with zero attached hydrogens (tertiary/aromatic N) is 1. The second-order valence-corrected chi connectivity index (χ2v) is 6.56. The average Bonchev–Trinajstić information content (AvgIpc) is 2.31. The summed E-state index contributed by atoms with van der Waals surface area (Å²) < 4.78 is 0. The van der Waals surface area contributed by atoms with Gasteiger partial charge in [0.1, 0.15) is 0 Å². The molecule has 0 atom stereocenters. The lowest BCUT2D eigenvalue weighted by Gasteiger charge is -2.43. The first-order valence-corrected chi connectivity index (χ1v) is 8.20. The maximum atomic E-state index is 9.86. The monoisotopic (exact) mass is 273 g/mol. The lowest BCUT2D eigenvalue weighted by atomic mass is 9.87. The van der Waals surface area contributed by atoms with E-state index in [1.807, 2.05) is 27.7 Å². The number of aliphatic hydroxyl groups is 1. The summed E-state index contributed by atoms with van der Waals surface area (Å²) in [5.74, 6) is 0. The van der Waals surface area contributed by atoms with Gasteiger partial charge in [0.15, 0.2) is 0 Å². The van der Waals surface area contributed by atoms with E-state index in [2.05, 4.69) is 32.6 Å². The fraction of sp³-hybridized carbons (Fsp3) is 1.00. The molecule has 0 amide bonds.